The van der Waals surface area contributed by atoms with Gasteiger partial charge < -0.3 is 0 Å². The molecule has 0 spiro atoms. The van der Waals surface area contributed by atoms with Crippen molar-refractivity contribution in [2.75, 3.05) is 0 Å². The number of sulfonamides is 1. The Labute approximate surface area is 200 Å². The van der Waals surface area contributed by atoms with Gasteiger partial charge >= 0.3 is 0 Å². The first-order chi connectivity index (χ1) is 16.8. The highest BCUT2D eigenvalue weighted by Crippen LogP contribution is 2.22. The molecule has 5 aromatic rings. The summed E-state index contributed by atoms with van der Waals surface area (Å²) in [4.78, 5) is 21.8. The Kier molecular flexibility index (Phi) is 5.83. The Morgan fingerprint density at radius 2 is 1.83 bits per heavy atom. The summed E-state index contributed by atoms with van der Waals surface area (Å²) in [6.07, 6.45) is 6.62. The van der Waals surface area contributed by atoms with Crippen LogP contribution in [0.3, 0.4) is 0 Å². The van der Waals surface area contributed by atoms with Crippen molar-refractivity contribution in [1.29, 1.82) is 0 Å². The fourth-order valence-corrected chi connectivity index (χ4v) is 4.94. The SMILES string of the molecule is Cn1cc(-c2cnc3ccc4ccc(CS(=O)(=O)NCc5ncccc5F)cc4c(=O)c3c2)cn1. The van der Waals surface area contributed by atoms with E-state index in [1.807, 2.05) is 13.2 Å². The van der Waals surface area contributed by atoms with E-state index in [0.717, 1.165) is 11.1 Å². The molecule has 5 rings (SSSR count). The molecule has 35 heavy (non-hydrogen) atoms. The standard InChI is InChI=1S/C25H20FN5O3S/c1-31-14-19(12-29-31)18-10-21-23(28-11-18)7-6-17-5-4-16(9-20(17)25(21)32)15-35(33,34)30-13-24-22(26)3-2-8-27-24/h2-12,14,30H,13,15H2,1H3. The van der Waals surface area contributed by atoms with Crippen molar-refractivity contribution in [2.45, 2.75) is 12.3 Å². The first-order valence-electron chi connectivity index (χ1n) is 10.7. The Bertz CT molecular complexity index is 1750. The zero-order chi connectivity index (χ0) is 24.6. The van der Waals surface area contributed by atoms with E-state index in [1.54, 1.807) is 53.5 Å². The minimum Gasteiger partial charge on any atom is -0.289 e. The van der Waals surface area contributed by atoms with E-state index in [1.165, 1.54) is 18.3 Å². The quantitative estimate of drug-likeness (QED) is 0.392. The summed E-state index contributed by atoms with van der Waals surface area (Å²) in [6, 6.07) is 12.9. The largest absolute Gasteiger partial charge is 0.289 e. The molecule has 0 saturated heterocycles. The van der Waals surface area contributed by atoms with Crippen LogP contribution in [0.1, 0.15) is 11.3 Å². The van der Waals surface area contributed by atoms with Gasteiger partial charge in [-0.3, -0.25) is 19.4 Å². The van der Waals surface area contributed by atoms with Crippen LogP contribution in [-0.2, 0) is 29.4 Å². The fraction of sp³-hybridized carbons (Fsp3) is 0.120. The number of fused-ring (bicyclic) bond motifs is 2. The van der Waals surface area contributed by atoms with Crippen LogP contribution in [0.2, 0.25) is 0 Å². The molecule has 3 heterocycles. The molecule has 0 saturated carbocycles. The summed E-state index contributed by atoms with van der Waals surface area (Å²) in [5.41, 5.74) is 2.31. The Hall–Kier alpha value is -4.02. The van der Waals surface area contributed by atoms with Crippen molar-refractivity contribution in [1.82, 2.24) is 24.5 Å². The molecular weight excluding hydrogens is 469 g/mol. The average molecular weight is 490 g/mol. The van der Waals surface area contributed by atoms with Gasteiger partial charge in [-0.1, -0.05) is 18.2 Å². The Morgan fingerprint density at radius 3 is 2.60 bits per heavy atom. The third-order valence-electron chi connectivity index (χ3n) is 5.64. The van der Waals surface area contributed by atoms with Crippen molar-refractivity contribution < 1.29 is 12.8 Å². The fourth-order valence-electron chi connectivity index (χ4n) is 3.86. The first-order valence-corrected chi connectivity index (χ1v) is 12.4. The second kappa shape index (κ2) is 8.97. The van der Waals surface area contributed by atoms with Gasteiger partial charge in [-0.15, -0.1) is 0 Å². The summed E-state index contributed by atoms with van der Waals surface area (Å²) in [5, 5.41) is 5.64. The van der Waals surface area contributed by atoms with Gasteiger partial charge in [0, 0.05) is 47.5 Å². The van der Waals surface area contributed by atoms with Crippen LogP contribution in [0.25, 0.3) is 32.8 Å². The second-order valence-electron chi connectivity index (χ2n) is 8.16. The number of benzene rings is 1. The van der Waals surface area contributed by atoms with Gasteiger partial charge in [0.1, 0.15) is 5.82 Å². The molecular formula is C25H20FN5O3S. The van der Waals surface area contributed by atoms with Crippen LogP contribution in [0.4, 0.5) is 4.39 Å². The predicted molar refractivity (Wildman–Crippen MR) is 131 cm³/mol. The normalized spacial score (nSPS) is 11.8. The lowest BCUT2D eigenvalue weighted by atomic mass is 10.1. The highest BCUT2D eigenvalue weighted by atomic mass is 32.2. The van der Waals surface area contributed by atoms with Gasteiger partial charge in [-0.2, -0.15) is 5.10 Å². The van der Waals surface area contributed by atoms with Crippen molar-refractivity contribution in [3.05, 3.63) is 101 Å². The molecule has 0 aliphatic heterocycles. The number of nitrogens with one attached hydrogen (secondary N) is 1. The van der Waals surface area contributed by atoms with Crippen LogP contribution in [0.15, 0.2) is 78.1 Å². The third-order valence-corrected chi connectivity index (χ3v) is 6.93. The van der Waals surface area contributed by atoms with E-state index in [-0.39, 0.29) is 23.4 Å². The lowest BCUT2D eigenvalue weighted by Gasteiger charge is -2.07. The summed E-state index contributed by atoms with van der Waals surface area (Å²) in [5.74, 6) is -0.956. The number of pyridine rings is 2. The van der Waals surface area contributed by atoms with E-state index in [9.17, 15) is 17.6 Å². The van der Waals surface area contributed by atoms with Gasteiger partial charge in [-0.25, -0.2) is 17.5 Å². The molecule has 1 N–H and O–H groups in total. The number of nitrogens with zero attached hydrogens (tertiary/aromatic N) is 4. The van der Waals surface area contributed by atoms with Crippen LogP contribution in [0.5, 0.6) is 0 Å². The summed E-state index contributed by atoms with van der Waals surface area (Å²) in [7, 11) is -2.00. The lowest BCUT2D eigenvalue weighted by Crippen LogP contribution is -2.25. The monoisotopic (exact) mass is 489 g/mol. The number of hydrogen-bond donors (Lipinski definition) is 1. The van der Waals surface area contributed by atoms with Crippen molar-refractivity contribution in [2.24, 2.45) is 7.05 Å². The highest BCUT2D eigenvalue weighted by Gasteiger charge is 2.15. The van der Waals surface area contributed by atoms with Gasteiger partial charge in [0.05, 0.1) is 29.7 Å². The zero-order valence-corrected chi connectivity index (χ0v) is 19.5. The van der Waals surface area contributed by atoms with Gasteiger partial charge in [0.25, 0.3) is 0 Å². The molecule has 0 fully saturated rings. The minimum atomic E-state index is -3.81. The number of rotatable bonds is 6. The third kappa shape index (κ3) is 4.79. The lowest BCUT2D eigenvalue weighted by molar-refractivity contribution is 0.569. The number of hydrogen-bond acceptors (Lipinski definition) is 6. The maximum Gasteiger partial charge on any atom is 0.216 e. The molecule has 10 heteroatoms. The minimum absolute atomic E-state index is 0.00634. The van der Waals surface area contributed by atoms with Crippen LogP contribution >= 0.6 is 0 Å². The van der Waals surface area contributed by atoms with Gasteiger partial charge in [0.2, 0.25) is 10.0 Å². The van der Waals surface area contributed by atoms with Gasteiger partial charge in [0.15, 0.2) is 5.43 Å². The van der Waals surface area contributed by atoms with Crippen LogP contribution < -0.4 is 10.2 Å². The molecule has 0 amide bonds. The number of halogens is 1. The van der Waals surface area contributed by atoms with Crippen LogP contribution in [0, 0.1) is 5.82 Å². The maximum absolute atomic E-state index is 13.8. The second-order valence-corrected chi connectivity index (χ2v) is 9.96. The summed E-state index contributed by atoms with van der Waals surface area (Å²) in [6.45, 7) is -0.266. The predicted octanol–water partition coefficient (Wildman–Crippen LogP) is 3.30. The molecule has 8 nitrogen and oxygen atoms in total. The Balaban J connectivity index is 1.50. The van der Waals surface area contributed by atoms with E-state index in [2.05, 4.69) is 19.8 Å². The zero-order valence-electron chi connectivity index (χ0n) is 18.6. The summed E-state index contributed by atoms with van der Waals surface area (Å²) < 4.78 is 43.1. The number of aromatic nitrogens is 4. The molecule has 0 radical (unpaired) electrons. The van der Waals surface area contributed by atoms with Gasteiger partial charge in [-0.05, 0) is 41.3 Å². The molecule has 0 unspecified atom stereocenters. The number of aryl methyl sites for hydroxylation is 1. The van der Waals surface area contributed by atoms with Crippen molar-refractivity contribution in [3.63, 3.8) is 0 Å². The molecule has 176 valence electrons. The topological polar surface area (TPSA) is 107 Å². The average Bonchev–Trinajstić information content (AvgIpc) is 3.22. The van der Waals surface area contributed by atoms with Crippen molar-refractivity contribution >= 4 is 31.7 Å². The molecule has 2 aromatic carbocycles. The van der Waals surface area contributed by atoms with E-state index in [4.69, 9.17) is 0 Å². The summed E-state index contributed by atoms with van der Waals surface area (Å²) >= 11 is 0. The Morgan fingerprint density at radius 1 is 1.00 bits per heavy atom. The molecule has 0 aliphatic rings. The van der Waals surface area contributed by atoms with Crippen molar-refractivity contribution in [3.8, 4) is 11.1 Å². The molecule has 0 bridgehead atoms. The first kappa shape index (κ1) is 22.8. The molecule has 0 aliphatic carbocycles. The maximum atomic E-state index is 13.8. The van der Waals surface area contributed by atoms with E-state index in [0.29, 0.717) is 27.2 Å². The van der Waals surface area contributed by atoms with E-state index < -0.39 is 15.8 Å². The molecule has 0 atom stereocenters. The highest BCUT2D eigenvalue weighted by molar-refractivity contribution is 7.88. The smallest absolute Gasteiger partial charge is 0.216 e. The van der Waals surface area contributed by atoms with E-state index >= 15 is 0 Å². The van der Waals surface area contributed by atoms with Crippen LogP contribution in [-0.4, -0.2) is 28.2 Å². The molecule has 3 aromatic heterocycles.